The lowest BCUT2D eigenvalue weighted by Crippen LogP contribution is -2.12. The zero-order valence-electron chi connectivity index (χ0n) is 11.5. The van der Waals surface area contributed by atoms with Crippen molar-refractivity contribution < 1.29 is 9.66 Å². The van der Waals surface area contributed by atoms with Gasteiger partial charge in [-0.25, -0.2) is 0 Å². The second-order valence-corrected chi connectivity index (χ2v) is 5.18. The average molecular weight is 279 g/mol. The van der Waals surface area contributed by atoms with Gasteiger partial charge in [0.2, 0.25) is 0 Å². The molecule has 1 aromatic carbocycles. The van der Waals surface area contributed by atoms with Gasteiger partial charge in [0.15, 0.2) is 0 Å². The Labute approximate surface area is 118 Å². The highest BCUT2D eigenvalue weighted by Gasteiger charge is 2.16. The smallest absolute Gasteiger partial charge is 0.294 e. The zero-order valence-corrected chi connectivity index (χ0v) is 11.5. The van der Waals surface area contributed by atoms with Crippen LogP contribution in [0.4, 0.5) is 11.4 Å². The molecule has 6 nitrogen and oxygen atoms in total. The summed E-state index contributed by atoms with van der Waals surface area (Å²) in [4.78, 5) is 10.5. The van der Waals surface area contributed by atoms with Crippen molar-refractivity contribution in [2.24, 2.45) is 5.84 Å². The minimum absolute atomic E-state index is 0.0190. The van der Waals surface area contributed by atoms with Crippen LogP contribution in [0.25, 0.3) is 0 Å². The summed E-state index contributed by atoms with van der Waals surface area (Å²) in [6.45, 7) is 0.413. The Kier molecular flexibility index (Phi) is 5.31. The fourth-order valence-electron chi connectivity index (χ4n) is 2.56. The molecule has 0 aromatic heterocycles. The molecular weight excluding hydrogens is 258 g/mol. The summed E-state index contributed by atoms with van der Waals surface area (Å²) in [7, 11) is 0. The third-order valence-electron chi connectivity index (χ3n) is 3.70. The second-order valence-electron chi connectivity index (χ2n) is 5.18. The van der Waals surface area contributed by atoms with E-state index in [1.165, 1.54) is 31.7 Å². The highest BCUT2D eigenvalue weighted by atomic mass is 16.6. The molecule has 0 amide bonds. The number of nitrogens with one attached hydrogen (secondary N) is 1. The number of ether oxygens (including phenoxy) is 1. The molecule has 6 heteroatoms. The molecule has 0 aliphatic heterocycles. The van der Waals surface area contributed by atoms with Gasteiger partial charge in [-0.2, -0.15) is 0 Å². The average Bonchev–Trinajstić information content (AvgIpc) is 2.73. The molecule has 2 rings (SSSR count). The highest BCUT2D eigenvalue weighted by molar-refractivity contribution is 5.61. The van der Waals surface area contributed by atoms with Gasteiger partial charge in [-0.05, 0) is 24.5 Å². The summed E-state index contributed by atoms with van der Waals surface area (Å²) in [6, 6.07) is 4.94. The maximum absolute atomic E-state index is 11.0. The normalized spacial score (nSPS) is 16.6. The number of anilines is 1. The van der Waals surface area contributed by atoms with Crippen LogP contribution in [0.2, 0.25) is 0 Å². The number of nitrogens with zero attached hydrogens (tertiary/aromatic N) is 1. The molecule has 0 saturated heterocycles. The van der Waals surface area contributed by atoms with Crippen LogP contribution < -0.4 is 11.3 Å². The third kappa shape index (κ3) is 3.91. The molecule has 110 valence electrons. The van der Waals surface area contributed by atoms with E-state index in [4.69, 9.17) is 10.6 Å². The molecule has 1 saturated carbocycles. The maximum atomic E-state index is 11.0. The van der Waals surface area contributed by atoms with E-state index in [1.54, 1.807) is 12.1 Å². The van der Waals surface area contributed by atoms with Gasteiger partial charge in [-0.15, -0.1) is 0 Å². The first-order chi connectivity index (χ1) is 9.70. The van der Waals surface area contributed by atoms with Crippen molar-refractivity contribution in [3.63, 3.8) is 0 Å². The minimum Gasteiger partial charge on any atom is -0.374 e. The maximum Gasteiger partial charge on any atom is 0.294 e. The SMILES string of the molecule is NNc1ccc(COC2CCCCCC2)cc1[N+](=O)[O-]. The number of nitrogens with two attached hydrogens (primary N) is 1. The molecule has 0 radical (unpaired) electrons. The van der Waals surface area contributed by atoms with Crippen molar-refractivity contribution in [2.45, 2.75) is 51.2 Å². The molecule has 3 N–H and O–H groups in total. The van der Waals surface area contributed by atoms with Gasteiger partial charge in [0.1, 0.15) is 5.69 Å². The van der Waals surface area contributed by atoms with Crippen LogP contribution in [0.3, 0.4) is 0 Å². The molecule has 0 unspecified atom stereocenters. The first-order valence-corrected chi connectivity index (χ1v) is 7.06. The van der Waals surface area contributed by atoms with Gasteiger partial charge < -0.3 is 10.2 Å². The van der Waals surface area contributed by atoms with Gasteiger partial charge in [0.25, 0.3) is 5.69 Å². The van der Waals surface area contributed by atoms with E-state index in [0.717, 1.165) is 18.4 Å². The Bertz CT molecular complexity index is 457. The molecule has 20 heavy (non-hydrogen) atoms. The summed E-state index contributed by atoms with van der Waals surface area (Å²) in [5.41, 5.74) is 3.44. The van der Waals surface area contributed by atoms with Gasteiger partial charge in [-0.1, -0.05) is 31.7 Å². The summed E-state index contributed by atoms with van der Waals surface area (Å²) in [6.07, 6.45) is 7.44. The fraction of sp³-hybridized carbons (Fsp3) is 0.571. The van der Waals surface area contributed by atoms with Gasteiger partial charge >= 0.3 is 0 Å². The number of benzene rings is 1. The number of nitro benzene ring substituents is 1. The Morgan fingerprint density at radius 1 is 1.30 bits per heavy atom. The molecule has 0 spiro atoms. The predicted octanol–water partition coefficient (Wildman–Crippen LogP) is 3.12. The van der Waals surface area contributed by atoms with Crippen LogP contribution in [0.15, 0.2) is 18.2 Å². The summed E-state index contributed by atoms with van der Waals surface area (Å²) >= 11 is 0. The van der Waals surface area contributed by atoms with Gasteiger partial charge in [-0.3, -0.25) is 16.0 Å². The molecule has 1 aliphatic carbocycles. The van der Waals surface area contributed by atoms with Crippen molar-refractivity contribution >= 4 is 11.4 Å². The van der Waals surface area contributed by atoms with E-state index >= 15 is 0 Å². The lowest BCUT2D eigenvalue weighted by molar-refractivity contribution is -0.384. The molecule has 1 aromatic rings. The summed E-state index contributed by atoms with van der Waals surface area (Å²) < 4.78 is 5.88. The summed E-state index contributed by atoms with van der Waals surface area (Å²) in [5, 5.41) is 11.0. The number of hydrogen-bond donors (Lipinski definition) is 2. The van der Waals surface area contributed by atoms with Crippen molar-refractivity contribution in [3.05, 3.63) is 33.9 Å². The predicted molar refractivity (Wildman–Crippen MR) is 77.2 cm³/mol. The lowest BCUT2D eigenvalue weighted by atomic mass is 10.1. The summed E-state index contributed by atoms with van der Waals surface area (Å²) in [5.74, 6) is 5.26. The van der Waals surface area contributed by atoms with E-state index in [-0.39, 0.29) is 11.8 Å². The monoisotopic (exact) mass is 279 g/mol. The van der Waals surface area contributed by atoms with Crippen LogP contribution in [-0.4, -0.2) is 11.0 Å². The van der Waals surface area contributed by atoms with E-state index in [0.29, 0.717) is 12.3 Å². The van der Waals surface area contributed by atoms with Crippen molar-refractivity contribution in [2.75, 3.05) is 5.43 Å². The Hall–Kier alpha value is -1.66. The van der Waals surface area contributed by atoms with Crippen LogP contribution in [-0.2, 0) is 11.3 Å². The molecule has 0 heterocycles. The van der Waals surface area contributed by atoms with Crippen LogP contribution in [0, 0.1) is 10.1 Å². The minimum atomic E-state index is -0.440. The Morgan fingerprint density at radius 3 is 2.60 bits per heavy atom. The van der Waals surface area contributed by atoms with Crippen molar-refractivity contribution in [1.29, 1.82) is 0 Å². The molecule has 1 aliphatic rings. The van der Waals surface area contributed by atoms with Crippen LogP contribution in [0.5, 0.6) is 0 Å². The number of hydrazine groups is 1. The van der Waals surface area contributed by atoms with Gasteiger partial charge in [0.05, 0.1) is 17.6 Å². The topological polar surface area (TPSA) is 90.4 Å². The van der Waals surface area contributed by atoms with E-state index in [2.05, 4.69) is 5.43 Å². The third-order valence-corrected chi connectivity index (χ3v) is 3.70. The number of rotatable bonds is 5. The Balaban J connectivity index is 1.98. The molecular formula is C14H21N3O3. The standard InChI is InChI=1S/C14H21N3O3/c15-16-13-8-7-11(9-14(13)17(18)19)10-20-12-5-3-1-2-4-6-12/h7-9,12,16H,1-6,10,15H2. The second kappa shape index (κ2) is 7.21. The van der Waals surface area contributed by atoms with Crippen molar-refractivity contribution in [1.82, 2.24) is 0 Å². The first-order valence-electron chi connectivity index (χ1n) is 7.06. The largest absolute Gasteiger partial charge is 0.374 e. The lowest BCUT2D eigenvalue weighted by Gasteiger charge is -2.15. The van der Waals surface area contributed by atoms with Crippen LogP contribution >= 0.6 is 0 Å². The quantitative estimate of drug-likeness (QED) is 0.374. The number of nitro groups is 1. The molecule has 1 fully saturated rings. The van der Waals surface area contributed by atoms with Gasteiger partial charge in [0, 0.05) is 6.07 Å². The number of nitrogen functional groups attached to an aromatic ring is 1. The van der Waals surface area contributed by atoms with E-state index in [9.17, 15) is 10.1 Å². The molecule has 0 atom stereocenters. The van der Waals surface area contributed by atoms with E-state index in [1.807, 2.05) is 0 Å². The Morgan fingerprint density at radius 2 is 2.00 bits per heavy atom. The first kappa shape index (κ1) is 14.7. The highest BCUT2D eigenvalue weighted by Crippen LogP contribution is 2.26. The van der Waals surface area contributed by atoms with Crippen molar-refractivity contribution in [3.8, 4) is 0 Å². The van der Waals surface area contributed by atoms with Crippen LogP contribution in [0.1, 0.15) is 44.1 Å². The zero-order chi connectivity index (χ0) is 14.4. The fourth-order valence-corrected chi connectivity index (χ4v) is 2.56. The molecule has 0 bridgehead atoms. The van der Waals surface area contributed by atoms with E-state index < -0.39 is 4.92 Å². The number of hydrogen-bond acceptors (Lipinski definition) is 5.